The van der Waals surface area contributed by atoms with Gasteiger partial charge in [0, 0.05) is 32.6 Å². The van der Waals surface area contributed by atoms with E-state index in [9.17, 15) is 0 Å². The summed E-state index contributed by atoms with van der Waals surface area (Å²) in [6.45, 7) is 3.65. The largest absolute Gasteiger partial charge is 0.355 e. The van der Waals surface area contributed by atoms with Crippen molar-refractivity contribution in [2.75, 3.05) is 18.0 Å². The Hall–Kier alpha value is -1.33. The lowest BCUT2D eigenvalue weighted by Crippen LogP contribution is -2.37. The van der Waals surface area contributed by atoms with Gasteiger partial charge in [-0.15, -0.1) is 0 Å². The van der Waals surface area contributed by atoms with Gasteiger partial charge in [0.2, 0.25) is 5.89 Å². The smallest absolute Gasteiger partial charge is 0.223 e. The molecular weight excluding hydrogens is 311 g/mol. The van der Waals surface area contributed by atoms with Crippen molar-refractivity contribution in [3.05, 3.63) is 34.0 Å². The molecule has 1 atom stereocenters. The summed E-state index contributed by atoms with van der Waals surface area (Å²) >= 11 is 12.1. The Morgan fingerprint density at radius 2 is 2.29 bits per heavy atom. The number of nitrogens with zero attached hydrogens (tertiary/aromatic N) is 4. The summed E-state index contributed by atoms with van der Waals surface area (Å²) in [6.07, 6.45) is 4.70. The molecule has 0 saturated carbocycles. The maximum Gasteiger partial charge on any atom is 0.223 e. The predicted molar refractivity (Wildman–Crippen MR) is 81.9 cm³/mol. The number of aryl methyl sites for hydroxylation is 1. The highest BCUT2D eigenvalue weighted by atomic mass is 35.5. The van der Waals surface area contributed by atoms with E-state index in [2.05, 4.69) is 20.0 Å². The number of pyridine rings is 1. The number of halogens is 2. The number of rotatable bonds is 3. The van der Waals surface area contributed by atoms with Gasteiger partial charge >= 0.3 is 0 Å². The molecule has 7 heteroatoms. The minimum atomic E-state index is 0.476. The van der Waals surface area contributed by atoms with Crippen LogP contribution in [0.5, 0.6) is 0 Å². The van der Waals surface area contributed by atoms with Crippen molar-refractivity contribution in [3.8, 4) is 0 Å². The van der Waals surface area contributed by atoms with Crippen LogP contribution < -0.4 is 4.90 Å². The standard InChI is InChI=1S/C14H16Cl2N4O/c1-9-18-13(19-21-9)5-10-3-2-4-20(8-10)14-12(16)6-11(15)7-17-14/h6-7,10H,2-5,8H2,1H3. The second-order valence-corrected chi connectivity index (χ2v) is 6.19. The van der Waals surface area contributed by atoms with Crippen molar-refractivity contribution in [3.63, 3.8) is 0 Å². The van der Waals surface area contributed by atoms with Crippen LogP contribution in [0.4, 0.5) is 5.82 Å². The number of hydrogen-bond donors (Lipinski definition) is 0. The second kappa shape index (κ2) is 6.20. The van der Waals surface area contributed by atoms with E-state index >= 15 is 0 Å². The highest BCUT2D eigenvalue weighted by Gasteiger charge is 2.24. The third kappa shape index (κ3) is 3.47. The van der Waals surface area contributed by atoms with Crippen LogP contribution in [0, 0.1) is 12.8 Å². The molecule has 0 aromatic carbocycles. The number of aromatic nitrogens is 3. The van der Waals surface area contributed by atoms with E-state index in [0.717, 1.165) is 44.0 Å². The quantitative estimate of drug-likeness (QED) is 0.863. The third-order valence-corrected chi connectivity index (χ3v) is 4.13. The summed E-state index contributed by atoms with van der Waals surface area (Å²) in [5.74, 6) is 2.66. The Morgan fingerprint density at radius 3 is 3.00 bits per heavy atom. The zero-order valence-electron chi connectivity index (χ0n) is 11.7. The Bertz CT molecular complexity index is 631. The van der Waals surface area contributed by atoms with Crippen LogP contribution in [0.3, 0.4) is 0 Å². The Morgan fingerprint density at radius 1 is 1.43 bits per heavy atom. The fraction of sp³-hybridized carbons (Fsp3) is 0.500. The average Bonchev–Trinajstić information content (AvgIpc) is 2.84. The lowest BCUT2D eigenvalue weighted by atomic mass is 9.94. The molecule has 0 spiro atoms. The zero-order valence-corrected chi connectivity index (χ0v) is 13.2. The molecular formula is C14H16Cl2N4O. The molecule has 0 radical (unpaired) electrons. The summed E-state index contributed by atoms with van der Waals surface area (Å²) in [5, 5.41) is 5.12. The van der Waals surface area contributed by atoms with Crippen molar-refractivity contribution >= 4 is 29.0 Å². The highest BCUT2D eigenvalue weighted by molar-refractivity contribution is 6.36. The lowest BCUT2D eigenvalue weighted by molar-refractivity contribution is 0.369. The second-order valence-electron chi connectivity index (χ2n) is 5.35. The van der Waals surface area contributed by atoms with Crippen LogP contribution in [0.15, 0.2) is 16.8 Å². The predicted octanol–water partition coefficient (Wildman–Crippen LogP) is 3.54. The van der Waals surface area contributed by atoms with Gasteiger partial charge < -0.3 is 9.42 Å². The van der Waals surface area contributed by atoms with E-state index in [-0.39, 0.29) is 0 Å². The molecule has 0 amide bonds. The Kier molecular flexibility index (Phi) is 4.31. The fourth-order valence-electron chi connectivity index (χ4n) is 2.75. The molecule has 1 unspecified atom stereocenters. The molecule has 112 valence electrons. The molecule has 1 saturated heterocycles. The normalized spacial score (nSPS) is 19.0. The van der Waals surface area contributed by atoms with E-state index in [1.54, 1.807) is 19.2 Å². The van der Waals surface area contributed by atoms with Gasteiger partial charge in [-0.05, 0) is 24.8 Å². The van der Waals surface area contributed by atoms with E-state index in [1.165, 1.54) is 0 Å². The Balaban J connectivity index is 1.70. The first-order valence-corrected chi connectivity index (χ1v) is 7.72. The molecule has 2 aromatic rings. The van der Waals surface area contributed by atoms with Crippen molar-refractivity contribution in [2.24, 2.45) is 5.92 Å². The van der Waals surface area contributed by atoms with E-state index in [1.807, 2.05) is 0 Å². The molecule has 1 fully saturated rings. The lowest BCUT2D eigenvalue weighted by Gasteiger charge is -2.33. The molecule has 21 heavy (non-hydrogen) atoms. The first-order valence-electron chi connectivity index (χ1n) is 6.97. The van der Waals surface area contributed by atoms with E-state index < -0.39 is 0 Å². The fourth-order valence-corrected chi connectivity index (χ4v) is 3.25. The number of piperidine rings is 1. The van der Waals surface area contributed by atoms with Gasteiger partial charge in [-0.1, -0.05) is 28.4 Å². The SMILES string of the molecule is Cc1nc(CC2CCCN(c3ncc(Cl)cc3Cl)C2)no1. The van der Waals surface area contributed by atoms with Crippen LogP contribution in [-0.4, -0.2) is 28.2 Å². The van der Waals surface area contributed by atoms with Gasteiger partial charge in [-0.3, -0.25) is 0 Å². The molecule has 0 N–H and O–H groups in total. The van der Waals surface area contributed by atoms with Crippen LogP contribution in [0.1, 0.15) is 24.6 Å². The van der Waals surface area contributed by atoms with Crippen molar-refractivity contribution in [1.82, 2.24) is 15.1 Å². The maximum absolute atomic E-state index is 6.25. The summed E-state index contributed by atoms with van der Waals surface area (Å²) < 4.78 is 5.03. The average molecular weight is 327 g/mol. The molecule has 5 nitrogen and oxygen atoms in total. The monoisotopic (exact) mass is 326 g/mol. The summed E-state index contributed by atoms with van der Waals surface area (Å²) in [7, 11) is 0. The minimum absolute atomic E-state index is 0.476. The van der Waals surface area contributed by atoms with Gasteiger partial charge in [0.25, 0.3) is 0 Å². The van der Waals surface area contributed by atoms with Gasteiger partial charge in [-0.25, -0.2) is 4.98 Å². The van der Waals surface area contributed by atoms with E-state index in [4.69, 9.17) is 27.7 Å². The topological polar surface area (TPSA) is 55.1 Å². The first kappa shape index (κ1) is 14.6. The van der Waals surface area contributed by atoms with Crippen molar-refractivity contribution in [1.29, 1.82) is 0 Å². The summed E-state index contributed by atoms with van der Waals surface area (Å²) in [5.41, 5.74) is 0. The molecule has 0 aliphatic carbocycles. The minimum Gasteiger partial charge on any atom is -0.355 e. The molecule has 3 rings (SSSR count). The van der Waals surface area contributed by atoms with Gasteiger partial charge in [0.1, 0.15) is 5.82 Å². The van der Waals surface area contributed by atoms with Gasteiger partial charge in [0.05, 0.1) is 10.0 Å². The Labute approximate surface area is 133 Å². The molecule has 2 aromatic heterocycles. The molecule has 0 bridgehead atoms. The molecule has 3 heterocycles. The highest BCUT2D eigenvalue weighted by Crippen LogP contribution is 2.30. The van der Waals surface area contributed by atoms with Crippen LogP contribution in [0.25, 0.3) is 0 Å². The van der Waals surface area contributed by atoms with Gasteiger partial charge in [-0.2, -0.15) is 4.98 Å². The van der Waals surface area contributed by atoms with Crippen LogP contribution in [-0.2, 0) is 6.42 Å². The van der Waals surface area contributed by atoms with Crippen LogP contribution in [0.2, 0.25) is 10.0 Å². The number of anilines is 1. The van der Waals surface area contributed by atoms with E-state index in [0.29, 0.717) is 21.9 Å². The van der Waals surface area contributed by atoms with Crippen molar-refractivity contribution < 1.29 is 4.52 Å². The maximum atomic E-state index is 6.25. The molecule has 1 aliphatic rings. The van der Waals surface area contributed by atoms with Gasteiger partial charge in [0.15, 0.2) is 5.82 Å². The third-order valence-electron chi connectivity index (χ3n) is 3.65. The van der Waals surface area contributed by atoms with Crippen LogP contribution >= 0.6 is 23.2 Å². The first-order chi connectivity index (χ1) is 10.1. The zero-order chi connectivity index (χ0) is 14.8. The summed E-state index contributed by atoms with van der Waals surface area (Å²) in [4.78, 5) is 10.8. The number of hydrogen-bond acceptors (Lipinski definition) is 5. The molecule has 1 aliphatic heterocycles. The summed E-state index contributed by atoms with van der Waals surface area (Å²) in [6, 6.07) is 1.73. The van der Waals surface area contributed by atoms with Crippen molar-refractivity contribution in [2.45, 2.75) is 26.2 Å².